The van der Waals surface area contributed by atoms with Crippen molar-refractivity contribution in [3.8, 4) is 0 Å². The molecule has 138 valence electrons. The number of rotatable bonds is 7. The van der Waals surface area contributed by atoms with Gasteiger partial charge < -0.3 is 10.1 Å². The van der Waals surface area contributed by atoms with Crippen LogP contribution < -0.4 is 5.32 Å². The van der Waals surface area contributed by atoms with E-state index in [9.17, 15) is 9.18 Å². The number of hydrogen-bond acceptors (Lipinski definition) is 3. The summed E-state index contributed by atoms with van der Waals surface area (Å²) in [6, 6.07) is 16.1. The Morgan fingerprint density at radius 3 is 2.81 bits per heavy atom. The van der Waals surface area contributed by atoms with Crippen LogP contribution in [-0.4, -0.2) is 43.6 Å². The van der Waals surface area contributed by atoms with Crippen LogP contribution in [-0.2, 0) is 4.74 Å². The fourth-order valence-electron chi connectivity index (χ4n) is 3.17. The third-order valence-corrected chi connectivity index (χ3v) is 4.60. The molecular weight excluding hydrogens is 331 g/mol. The summed E-state index contributed by atoms with van der Waals surface area (Å²) < 4.78 is 19.0. The lowest BCUT2D eigenvalue weighted by Gasteiger charge is -2.33. The fraction of sp³-hybridized carbons (Fsp3) is 0.381. The van der Waals surface area contributed by atoms with Crippen LogP contribution >= 0.6 is 0 Å². The van der Waals surface area contributed by atoms with E-state index in [-0.39, 0.29) is 12.0 Å². The van der Waals surface area contributed by atoms with Gasteiger partial charge in [0.1, 0.15) is 5.82 Å². The molecule has 5 heteroatoms. The van der Waals surface area contributed by atoms with Gasteiger partial charge in [0.15, 0.2) is 0 Å². The van der Waals surface area contributed by atoms with Gasteiger partial charge in [0.2, 0.25) is 0 Å². The van der Waals surface area contributed by atoms with Crippen molar-refractivity contribution in [2.45, 2.75) is 18.9 Å². The molecular formula is C21H25FN2O2. The molecule has 0 radical (unpaired) electrons. The topological polar surface area (TPSA) is 41.6 Å². The zero-order chi connectivity index (χ0) is 18.2. The minimum absolute atomic E-state index is 0.137. The molecule has 1 N–H and O–H groups in total. The van der Waals surface area contributed by atoms with E-state index < -0.39 is 5.82 Å². The minimum atomic E-state index is -0.391. The first-order valence-electron chi connectivity index (χ1n) is 9.15. The average Bonchev–Trinajstić information content (AvgIpc) is 2.68. The maximum atomic E-state index is 13.1. The Morgan fingerprint density at radius 2 is 2.00 bits per heavy atom. The normalized spacial score (nSPS) is 17.8. The Labute approximate surface area is 154 Å². The predicted molar refractivity (Wildman–Crippen MR) is 99.5 cm³/mol. The number of ether oxygens (including phenoxy) is 1. The number of halogens is 1. The predicted octanol–water partition coefficient (Wildman–Crippen LogP) is 3.41. The molecule has 2 aromatic carbocycles. The highest BCUT2D eigenvalue weighted by molar-refractivity contribution is 5.94. The van der Waals surface area contributed by atoms with E-state index in [0.717, 1.165) is 39.1 Å². The molecule has 0 aromatic heterocycles. The second kappa shape index (κ2) is 9.46. The van der Waals surface area contributed by atoms with Gasteiger partial charge in [0.05, 0.1) is 12.7 Å². The smallest absolute Gasteiger partial charge is 0.251 e. The molecule has 1 aliphatic rings. The van der Waals surface area contributed by atoms with Crippen molar-refractivity contribution in [2.24, 2.45) is 0 Å². The van der Waals surface area contributed by atoms with Crippen LogP contribution in [0.15, 0.2) is 54.6 Å². The highest BCUT2D eigenvalue weighted by Crippen LogP contribution is 2.21. The molecule has 0 saturated carbocycles. The van der Waals surface area contributed by atoms with Gasteiger partial charge in [-0.2, -0.15) is 0 Å². The quantitative estimate of drug-likeness (QED) is 0.773. The summed E-state index contributed by atoms with van der Waals surface area (Å²) in [7, 11) is 0. The molecule has 1 heterocycles. The summed E-state index contributed by atoms with van der Waals surface area (Å²) in [6.07, 6.45) is 2.04. The van der Waals surface area contributed by atoms with Crippen LogP contribution in [0.1, 0.15) is 34.9 Å². The van der Waals surface area contributed by atoms with Crippen LogP contribution in [0.25, 0.3) is 0 Å². The standard InChI is InChI=1S/C21H25FN2O2/c22-19-10-6-9-18(15-19)21(25)23-11-4-5-12-24-13-14-26-20(16-24)17-7-2-1-3-8-17/h1-3,6-10,15,20H,4-5,11-14,16H2,(H,23,25)/t20-/m0/s1. The number of hydrogen-bond donors (Lipinski definition) is 1. The van der Waals surface area contributed by atoms with Gasteiger partial charge in [-0.15, -0.1) is 0 Å². The van der Waals surface area contributed by atoms with E-state index in [0.29, 0.717) is 12.1 Å². The lowest BCUT2D eigenvalue weighted by Crippen LogP contribution is -2.39. The van der Waals surface area contributed by atoms with Gasteiger partial charge in [0.25, 0.3) is 5.91 Å². The highest BCUT2D eigenvalue weighted by atomic mass is 19.1. The van der Waals surface area contributed by atoms with Gasteiger partial charge in [0, 0.05) is 25.2 Å². The molecule has 1 atom stereocenters. The van der Waals surface area contributed by atoms with Gasteiger partial charge in [-0.05, 0) is 43.1 Å². The highest BCUT2D eigenvalue weighted by Gasteiger charge is 2.21. The molecule has 2 aromatic rings. The van der Waals surface area contributed by atoms with Gasteiger partial charge in [-0.25, -0.2) is 4.39 Å². The number of carbonyl (C=O) groups is 1. The lowest BCUT2D eigenvalue weighted by atomic mass is 10.1. The second-order valence-electron chi connectivity index (χ2n) is 6.54. The lowest BCUT2D eigenvalue weighted by molar-refractivity contribution is -0.0303. The summed E-state index contributed by atoms with van der Waals surface area (Å²) in [6.45, 7) is 4.18. The number of amides is 1. The van der Waals surface area contributed by atoms with E-state index in [1.165, 1.54) is 17.7 Å². The molecule has 26 heavy (non-hydrogen) atoms. The first-order valence-corrected chi connectivity index (χ1v) is 9.15. The molecule has 1 fully saturated rings. The van der Waals surface area contributed by atoms with E-state index in [1.54, 1.807) is 12.1 Å². The third kappa shape index (κ3) is 5.38. The van der Waals surface area contributed by atoms with Crippen LogP contribution in [0.5, 0.6) is 0 Å². The minimum Gasteiger partial charge on any atom is -0.371 e. The fourth-order valence-corrected chi connectivity index (χ4v) is 3.17. The van der Waals surface area contributed by atoms with Gasteiger partial charge in [-0.3, -0.25) is 9.69 Å². The number of unbranched alkanes of at least 4 members (excludes halogenated alkanes) is 1. The Bertz CT molecular complexity index is 708. The zero-order valence-corrected chi connectivity index (χ0v) is 14.9. The summed E-state index contributed by atoms with van der Waals surface area (Å²) in [5, 5.41) is 2.85. The van der Waals surface area contributed by atoms with Crippen molar-refractivity contribution >= 4 is 5.91 Å². The van der Waals surface area contributed by atoms with Gasteiger partial charge >= 0.3 is 0 Å². The number of carbonyl (C=O) groups excluding carboxylic acids is 1. The van der Waals surface area contributed by atoms with E-state index in [1.807, 2.05) is 18.2 Å². The Balaban J connectivity index is 1.35. The second-order valence-corrected chi connectivity index (χ2v) is 6.54. The van der Waals surface area contributed by atoms with Crippen LogP contribution in [0, 0.1) is 5.82 Å². The molecule has 1 aliphatic heterocycles. The first kappa shape index (κ1) is 18.5. The van der Waals surface area contributed by atoms with Crippen LogP contribution in [0.2, 0.25) is 0 Å². The van der Waals surface area contributed by atoms with E-state index in [4.69, 9.17) is 4.74 Å². The molecule has 0 aliphatic carbocycles. The first-order chi connectivity index (χ1) is 12.7. The zero-order valence-electron chi connectivity index (χ0n) is 14.9. The van der Waals surface area contributed by atoms with Crippen molar-refractivity contribution in [3.63, 3.8) is 0 Å². The maximum absolute atomic E-state index is 13.1. The van der Waals surface area contributed by atoms with Crippen molar-refractivity contribution in [3.05, 3.63) is 71.5 Å². The van der Waals surface area contributed by atoms with Crippen molar-refractivity contribution in [2.75, 3.05) is 32.8 Å². The van der Waals surface area contributed by atoms with Gasteiger partial charge in [-0.1, -0.05) is 36.4 Å². The van der Waals surface area contributed by atoms with Crippen molar-refractivity contribution in [1.82, 2.24) is 10.2 Å². The third-order valence-electron chi connectivity index (χ3n) is 4.60. The molecule has 0 unspecified atom stereocenters. The summed E-state index contributed by atoms with van der Waals surface area (Å²) >= 11 is 0. The Kier molecular flexibility index (Phi) is 6.75. The number of nitrogens with zero attached hydrogens (tertiary/aromatic N) is 1. The number of morpholine rings is 1. The summed E-state index contributed by atoms with van der Waals surface area (Å²) in [5.41, 5.74) is 1.59. The Morgan fingerprint density at radius 1 is 1.15 bits per heavy atom. The molecule has 3 rings (SSSR count). The molecule has 0 bridgehead atoms. The molecule has 4 nitrogen and oxygen atoms in total. The van der Waals surface area contributed by atoms with Crippen LogP contribution in [0.3, 0.4) is 0 Å². The summed E-state index contributed by atoms with van der Waals surface area (Å²) in [4.78, 5) is 14.4. The monoisotopic (exact) mass is 356 g/mol. The maximum Gasteiger partial charge on any atom is 0.251 e. The van der Waals surface area contributed by atoms with Crippen molar-refractivity contribution < 1.29 is 13.9 Å². The molecule has 1 saturated heterocycles. The average molecular weight is 356 g/mol. The summed E-state index contributed by atoms with van der Waals surface area (Å²) in [5.74, 6) is -0.613. The van der Waals surface area contributed by atoms with E-state index >= 15 is 0 Å². The molecule has 0 spiro atoms. The van der Waals surface area contributed by atoms with Crippen molar-refractivity contribution in [1.29, 1.82) is 0 Å². The number of nitrogens with one attached hydrogen (secondary N) is 1. The van der Waals surface area contributed by atoms with E-state index in [2.05, 4.69) is 22.3 Å². The SMILES string of the molecule is O=C(NCCCCN1CCO[C@H](c2ccccc2)C1)c1cccc(F)c1. The Hall–Kier alpha value is -2.24. The largest absolute Gasteiger partial charge is 0.371 e. The van der Waals surface area contributed by atoms with Crippen LogP contribution in [0.4, 0.5) is 4.39 Å². The number of benzene rings is 2. The molecule has 1 amide bonds.